The van der Waals surface area contributed by atoms with Gasteiger partial charge in [0.25, 0.3) is 0 Å². The Morgan fingerprint density at radius 2 is 2.11 bits per heavy atom. The normalized spacial score (nSPS) is 37.8. The van der Waals surface area contributed by atoms with Crippen LogP contribution >= 0.6 is 0 Å². The third kappa shape index (κ3) is 2.29. The van der Waals surface area contributed by atoms with E-state index in [1.54, 1.807) is 0 Å². The van der Waals surface area contributed by atoms with E-state index in [1.165, 1.54) is 0 Å². The van der Waals surface area contributed by atoms with Crippen LogP contribution in [-0.2, 0) is 9.53 Å². The molecule has 4 heteroatoms. The largest absolute Gasteiger partial charge is 0.378 e. The fourth-order valence-electron chi connectivity index (χ4n) is 3.48. The molecule has 1 N–H and O–H groups in total. The zero-order valence-corrected chi connectivity index (χ0v) is 13.1. The van der Waals surface area contributed by atoms with Crippen LogP contribution in [-0.4, -0.2) is 41.8 Å². The van der Waals surface area contributed by atoms with Crippen LogP contribution < -0.4 is 5.32 Å². The number of ether oxygens (including phenoxy) is 1. The molecule has 0 aromatic rings. The molecule has 19 heavy (non-hydrogen) atoms. The Labute approximate surface area is 116 Å². The van der Waals surface area contributed by atoms with E-state index in [-0.39, 0.29) is 29.6 Å². The van der Waals surface area contributed by atoms with Gasteiger partial charge in [0, 0.05) is 18.1 Å². The number of nitrogens with zero attached hydrogens (tertiary/aromatic N) is 1. The molecule has 0 spiro atoms. The molecule has 4 unspecified atom stereocenters. The maximum atomic E-state index is 12.6. The van der Waals surface area contributed by atoms with Crippen LogP contribution in [0.5, 0.6) is 0 Å². The zero-order chi connectivity index (χ0) is 14.4. The van der Waals surface area contributed by atoms with Gasteiger partial charge in [0.05, 0.1) is 18.3 Å². The highest BCUT2D eigenvalue weighted by Crippen LogP contribution is 2.47. The molecule has 1 heterocycles. The molecule has 0 radical (unpaired) electrons. The molecule has 2 aliphatic rings. The highest BCUT2D eigenvalue weighted by molar-refractivity contribution is 5.85. The predicted octanol–water partition coefficient (Wildman–Crippen LogP) is 1.99. The van der Waals surface area contributed by atoms with Gasteiger partial charge in [0.1, 0.15) is 0 Å². The number of hydrogen-bond donors (Lipinski definition) is 1. The van der Waals surface area contributed by atoms with Crippen LogP contribution in [0, 0.1) is 11.3 Å². The minimum absolute atomic E-state index is 0.0306. The second-order valence-electron chi connectivity index (χ2n) is 6.83. The van der Waals surface area contributed by atoms with E-state index in [2.05, 4.69) is 44.8 Å². The summed E-state index contributed by atoms with van der Waals surface area (Å²) in [5.74, 6) is 0.598. The molecule has 0 aromatic heterocycles. The summed E-state index contributed by atoms with van der Waals surface area (Å²) in [4.78, 5) is 14.6. The van der Waals surface area contributed by atoms with E-state index in [4.69, 9.17) is 4.74 Å². The highest BCUT2D eigenvalue weighted by Gasteiger charge is 2.56. The first-order chi connectivity index (χ1) is 8.80. The van der Waals surface area contributed by atoms with E-state index in [0.29, 0.717) is 12.0 Å². The molecule has 4 atom stereocenters. The van der Waals surface area contributed by atoms with Crippen LogP contribution in [0.15, 0.2) is 0 Å². The average Bonchev–Trinajstić information content (AvgIpc) is 2.61. The van der Waals surface area contributed by atoms with Gasteiger partial charge in [0.2, 0.25) is 5.91 Å². The van der Waals surface area contributed by atoms with E-state index in [9.17, 15) is 4.79 Å². The summed E-state index contributed by atoms with van der Waals surface area (Å²) in [6, 6.07) is 0.264. The van der Waals surface area contributed by atoms with Crippen LogP contribution in [0.3, 0.4) is 0 Å². The summed E-state index contributed by atoms with van der Waals surface area (Å²) >= 11 is 0. The first-order valence-corrected chi connectivity index (χ1v) is 7.50. The van der Waals surface area contributed by atoms with Crippen LogP contribution in [0.4, 0.5) is 0 Å². The number of amides is 1. The smallest absolute Gasteiger partial charge is 0.241 e. The van der Waals surface area contributed by atoms with Crippen molar-refractivity contribution in [1.82, 2.24) is 10.2 Å². The summed E-state index contributed by atoms with van der Waals surface area (Å²) in [5, 5.41) is 3.42. The van der Waals surface area contributed by atoms with Crippen molar-refractivity contribution in [3.05, 3.63) is 0 Å². The van der Waals surface area contributed by atoms with Crippen molar-refractivity contribution < 1.29 is 9.53 Å². The fourth-order valence-corrected chi connectivity index (χ4v) is 3.48. The molecule has 1 aliphatic carbocycles. The Morgan fingerprint density at radius 1 is 1.47 bits per heavy atom. The van der Waals surface area contributed by atoms with Crippen molar-refractivity contribution in [3.63, 3.8) is 0 Å². The third-order valence-corrected chi connectivity index (χ3v) is 4.85. The number of hydrogen-bond acceptors (Lipinski definition) is 3. The van der Waals surface area contributed by atoms with Crippen LogP contribution in [0.25, 0.3) is 0 Å². The quantitative estimate of drug-likeness (QED) is 0.848. The van der Waals surface area contributed by atoms with Gasteiger partial charge in [0.15, 0.2) is 0 Å². The standard InChI is InChI=1S/C15H28N2O2/c1-7-19-12-8-11(15(12,5)6)17-10(4)16-13(9(2)3)14(17)18/h9-13,16H,7-8H2,1-6H3. The van der Waals surface area contributed by atoms with E-state index in [0.717, 1.165) is 13.0 Å². The topological polar surface area (TPSA) is 41.6 Å². The Bertz CT molecular complexity index is 354. The van der Waals surface area contributed by atoms with Crippen molar-refractivity contribution in [1.29, 1.82) is 0 Å². The molecule has 110 valence electrons. The lowest BCUT2D eigenvalue weighted by molar-refractivity contribution is -0.167. The third-order valence-electron chi connectivity index (χ3n) is 4.85. The van der Waals surface area contributed by atoms with Gasteiger partial charge in [-0.1, -0.05) is 27.7 Å². The Kier molecular flexibility index (Phi) is 3.94. The minimum atomic E-state index is -0.0306. The van der Waals surface area contributed by atoms with Crippen LogP contribution in [0.1, 0.15) is 48.0 Å². The zero-order valence-electron chi connectivity index (χ0n) is 13.1. The van der Waals surface area contributed by atoms with Crippen molar-refractivity contribution in [3.8, 4) is 0 Å². The SMILES string of the molecule is CCOC1CC(N2C(=O)C(C(C)C)NC2C)C1(C)C. The lowest BCUT2D eigenvalue weighted by Gasteiger charge is -2.55. The monoisotopic (exact) mass is 268 g/mol. The summed E-state index contributed by atoms with van der Waals surface area (Å²) in [6.07, 6.45) is 1.37. The lowest BCUT2D eigenvalue weighted by atomic mass is 9.63. The van der Waals surface area contributed by atoms with Crippen molar-refractivity contribution in [2.24, 2.45) is 11.3 Å². The van der Waals surface area contributed by atoms with Crippen molar-refractivity contribution in [2.75, 3.05) is 6.61 Å². The summed E-state index contributed by atoms with van der Waals surface area (Å²) in [7, 11) is 0. The molecule has 0 bridgehead atoms. The molecule has 2 rings (SSSR count). The maximum Gasteiger partial charge on any atom is 0.241 e. The molecule has 4 nitrogen and oxygen atoms in total. The molecular formula is C15H28N2O2. The number of carbonyl (C=O) groups is 1. The van der Waals surface area contributed by atoms with E-state index in [1.807, 2.05) is 6.92 Å². The predicted molar refractivity (Wildman–Crippen MR) is 75.7 cm³/mol. The Morgan fingerprint density at radius 3 is 2.53 bits per heavy atom. The van der Waals surface area contributed by atoms with Gasteiger partial charge in [-0.05, 0) is 26.2 Å². The van der Waals surface area contributed by atoms with Crippen molar-refractivity contribution >= 4 is 5.91 Å². The second kappa shape index (κ2) is 5.06. The molecule has 1 saturated carbocycles. The highest BCUT2D eigenvalue weighted by atomic mass is 16.5. The molecule has 1 aliphatic heterocycles. The van der Waals surface area contributed by atoms with Crippen LogP contribution in [0.2, 0.25) is 0 Å². The average molecular weight is 268 g/mol. The van der Waals surface area contributed by atoms with E-state index < -0.39 is 0 Å². The fraction of sp³-hybridized carbons (Fsp3) is 0.933. The summed E-state index contributed by atoms with van der Waals surface area (Å²) in [5.41, 5.74) is 0.0491. The Hall–Kier alpha value is -0.610. The van der Waals surface area contributed by atoms with Crippen molar-refractivity contribution in [2.45, 2.75) is 72.3 Å². The second-order valence-corrected chi connectivity index (χ2v) is 6.83. The van der Waals surface area contributed by atoms with Gasteiger partial charge in [-0.25, -0.2) is 0 Å². The lowest BCUT2D eigenvalue weighted by Crippen LogP contribution is -2.64. The number of rotatable bonds is 4. The Balaban J connectivity index is 2.09. The molecule has 2 fully saturated rings. The molecular weight excluding hydrogens is 240 g/mol. The first-order valence-electron chi connectivity index (χ1n) is 7.50. The molecule has 0 aromatic carbocycles. The minimum Gasteiger partial charge on any atom is -0.378 e. The van der Waals surface area contributed by atoms with Gasteiger partial charge in [-0.3, -0.25) is 10.1 Å². The number of carbonyl (C=O) groups excluding carboxylic acids is 1. The molecule has 1 amide bonds. The summed E-state index contributed by atoms with van der Waals surface area (Å²) < 4.78 is 5.77. The molecule has 1 saturated heterocycles. The van der Waals surface area contributed by atoms with Gasteiger partial charge in [-0.15, -0.1) is 0 Å². The van der Waals surface area contributed by atoms with Gasteiger partial charge >= 0.3 is 0 Å². The summed E-state index contributed by atoms with van der Waals surface area (Å²) in [6.45, 7) is 13.5. The van der Waals surface area contributed by atoms with Gasteiger partial charge < -0.3 is 9.64 Å². The maximum absolute atomic E-state index is 12.6. The van der Waals surface area contributed by atoms with E-state index >= 15 is 0 Å². The first kappa shape index (κ1) is 14.8. The van der Waals surface area contributed by atoms with Gasteiger partial charge in [-0.2, -0.15) is 0 Å². The number of nitrogens with one attached hydrogen (secondary N) is 1.